The zero-order chi connectivity index (χ0) is 23.4. The third kappa shape index (κ3) is 4.95. The van der Waals surface area contributed by atoms with E-state index in [0.717, 1.165) is 22.3 Å². The molecule has 1 unspecified atom stereocenters. The lowest BCUT2D eigenvalue weighted by Gasteiger charge is -2.18. The van der Waals surface area contributed by atoms with Gasteiger partial charge >= 0.3 is 12.1 Å². The number of carbonyl (C=O) groups is 2. The number of hydrogen-bond acceptors (Lipinski definition) is 4. The van der Waals surface area contributed by atoms with Crippen molar-refractivity contribution in [3.63, 3.8) is 0 Å². The van der Waals surface area contributed by atoms with Gasteiger partial charge in [-0.05, 0) is 39.9 Å². The lowest BCUT2D eigenvalue weighted by Crippen LogP contribution is -2.34. The molecule has 3 aromatic carbocycles. The lowest BCUT2D eigenvalue weighted by atomic mass is 9.98. The van der Waals surface area contributed by atoms with Gasteiger partial charge in [0, 0.05) is 5.92 Å². The van der Waals surface area contributed by atoms with Crippen LogP contribution in [0.1, 0.15) is 28.7 Å². The van der Waals surface area contributed by atoms with Crippen molar-refractivity contribution in [1.82, 2.24) is 5.32 Å². The molecule has 2 N–H and O–H groups in total. The van der Waals surface area contributed by atoms with E-state index in [4.69, 9.17) is 9.47 Å². The van der Waals surface area contributed by atoms with Gasteiger partial charge < -0.3 is 19.9 Å². The van der Waals surface area contributed by atoms with Crippen LogP contribution in [0, 0.1) is 0 Å². The molecule has 0 heterocycles. The Morgan fingerprint density at radius 1 is 0.909 bits per heavy atom. The first-order valence-corrected chi connectivity index (χ1v) is 10.3. The maximum Gasteiger partial charge on any atom is 0.408 e. The van der Waals surface area contributed by atoms with Crippen LogP contribution in [-0.4, -0.2) is 36.8 Å². The summed E-state index contributed by atoms with van der Waals surface area (Å²) in [5, 5.41) is 11.9. The van der Waals surface area contributed by atoms with Crippen molar-refractivity contribution in [3.8, 4) is 16.9 Å². The van der Waals surface area contributed by atoms with E-state index in [1.807, 2.05) is 48.5 Å². The number of halogens is 2. The van der Waals surface area contributed by atoms with Crippen molar-refractivity contribution in [3.05, 3.63) is 89.5 Å². The Hall–Kier alpha value is -3.94. The number of alkyl halides is 2. The van der Waals surface area contributed by atoms with Crippen LogP contribution < -0.4 is 10.1 Å². The minimum atomic E-state index is -2.62. The van der Waals surface area contributed by atoms with Crippen LogP contribution in [-0.2, 0) is 9.53 Å². The average Bonchev–Trinajstić information content (AvgIpc) is 3.14. The molecule has 0 saturated carbocycles. The number of nitrogens with one attached hydrogen (secondary N) is 1. The fourth-order valence-electron chi connectivity index (χ4n) is 3.96. The first-order chi connectivity index (χ1) is 15.9. The zero-order valence-corrected chi connectivity index (χ0v) is 17.4. The average molecular weight is 453 g/mol. The number of aliphatic carboxylic acids is 1. The second kappa shape index (κ2) is 9.68. The highest BCUT2D eigenvalue weighted by Gasteiger charge is 2.30. The first-order valence-electron chi connectivity index (χ1n) is 10.3. The molecule has 0 fully saturated rings. The van der Waals surface area contributed by atoms with Gasteiger partial charge in [-0.15, -0.1) is 0 Å². The molecule has 8 heteroatoms. The lowest BCUT2D eigenvalue weighted by molar-refractivity contribution is -0.139. The Kier molecular flexibility index (Phi) is 6.53. The van der Waals surface area contributed by atoms with E-state index < -0.39 is 31.1 Å². The predicted molar refractivity (Wildman–Crippen MR) is 117 cm³/mol. The smallest absolute Gasteiger partial charge is 0.408 e. The SMILES string of the molecule is O=C(NC(C(=O)O)c1ccc(OCC(F)F)cc1)OCC1c2ccccc2-c2ccccc21. The molecule has 1 atom stereocenters. The summed E-state index contributed by atoms with van der Waals surface area (Å²) < 4.78 is 34.8. The summed E-state index contributed by atoms with van der Waals surface area (Å²) in [5.41, 5.74) is 4.50. The Bertz CT molecular complexity index is 1100. The van der Waals surface area contributed by atoms with Crippen LogP contribution in [0.5, 0.6) is 5.75 Å². The van der Waals surface area contributed by atoms with Gasteiger partial charge in [-0.1, -0.05) is 60.7 Å². The molecule has 0 bridgehead atoms. The van der Waals surface area contributed by atoms with E-state index in [-0.39, 0.29) is 23.8 Å². The van der Waals surface area contributed by atoms with E-state index >= 15 is 0 Å². The third-order valence-electron chi connectivity index (χ3n) is 5.44. The summed E-state index contributed by atoms with van der Waals surface area (Å²) in [6.45, 7) is -0.716. The van der Waals surface area contributed by atoms with Crippen molar-refractivity contribution in [2.24, 2.45) is 0 Å². The van der Waals surface area contributed by atoms with Gasteiger partial charge in [-0.3, -0.25) is 0 Å². The summed E-state index contributed by atoms with van der Waals surface area (Å²) in [6.07, 6.45) is -3.49. The number of fused-ring (bicyclic) bond motifs is 3. The number of benzene rings is 3. The number of hydrogen-bond donors (Lipinski definition) is 2. The standard InChI is InChI=1S/C25H21F2NO5/c26-22(27)14-32-16-11-9-15(10-12-16)23(24(29)30)28-25(31)33-13-21-19-7-3-1-5-17(19)18-6-2-4-8-20(18)21/h1-12,21-23H,13-14H2,(H,28,31)(H,29,30). The number of carbonyl (C=O) groups excluding carboxylic acids is 1. The number of rotatable bonds is 8. The minimum absolute atomic E-state index is 0.0482. The molecular weight excluding hydrogens is 432 g/mol. The second-order valence-corrected chi connectivity index (χ2v) is 7.51. The first kappa shape index (κ1) is 22.3. The summed E-state index contributed by atoms with van der Waals surface area (Å²) in [4.78, 5) is 24.2. The molecule has 4 rings (SSSR count). The zero-order valence-electron chi connectivity index (χ0n) is 17.4. The van der Waals surface area contributed by atoms with Crippen LogP contribution in [0.2, 0.25) is 0 Å². The Morgan fingerprint density at radius 2 is 1.48 bits per heavy atom. The Labute approximate surface area is 188 Å². The summed E-state index contributed by atoms with van der Waals surface area (Å²) >= 11 is 0. The van der Waals surface area contributed by atoms with E-state index in [1.54, 1.807) is 0 Å². The van der Waals surface area contributed by atoms with Crippen molar-refractivity contribution >= 4 is 12.1 Å². The molecule has 0 radical (unpaired) electrons. The van der Waals surface area contributed by atoms with Gasteiger partial charge in [0.15, 0.2) is 6.04 Å². The normalized spacial score (nSPS) is 13.2. The topological polar surface area (TPSA) is 84.9 Å². The highest BCUT2D eigenvalue weighted by atomic mass is 19.3. The molecule has 1 aliphatic rings. The number of carboxylic acid groups (broad SMARTS) is 1. The number of amides is 1. The van der Waals surface area contributed by atoms with Gasteiger partial charge in [0.2, 0.25) is 0 Å². The van der Waals surface area contributed by atoms with Crippen LogP contribution in [0.15, 0.2) is 72.8 Å². The number of alkyl carbamates (subject to hydrolysis) is 1. The number of ether oxygens (including phenoxy) is 2. The van der Waals surface area contributed by atoms with Crippen molar-refractivity contribution in [1.29, 1.82) is 0 Å². The molecule has 3 aromatic rings. The quantitative estimate of drug-likeness (QED) is 0.502. The van der Waals surface area contributed by atoms with Gasteiger partial charge in [-0.2, -0.15) is 0 Å². The van der Waals surface area contributed by atoms with Crippen molar-refractivity contribution in [2.45, 2.75) is 18.4 Å². The molecular formula is C25H21F2NO5. The summed E-state index contributed by atoms with van der Waals surface area (Å²) in [6, 6.07) is 19.9. The van der Waals surface area contributed by atoms with Crippen LogP contribution >= 0.6 is 0 Å². The van der Waals surface area contributed by atoms with E-state index in [9.17, 15) is 23.5 Å². The Balaban J connectivity index is 1.42. The second-order valence-electron chi connectivity index (χ2n) is 7.51. The molecule has 1 amide bonds. The molecule has 1 aliphatic carbocycles. The third-order valence-corrected chi connectivity index (χ3v) is 5.44. The van der Waals surface area contributed by atoms with Crippen molar-refractivity contribution < 1.29 is 33.0 Å². The molecule has 0 saturated heterocycles. The fraction of sp³-hybridized carbons (Fsp3) is 0.200. The molecule has 0 spiro atoms. The highest BCUT2D eigenvalue weighted by molar-refractivity contribution is 5.82. The van der Waals surface area contributed by atoms with Crippen LogP contribution in [0.25, 0.3) is 11.1 Å². The van der Waals surface area contributed by atoms with Crippen molar-refractivity contribution in [2.75, 3.05) is 13.2 Å². The monoisotopic (exact) mass is 453 g/mol. The van der Waals surface area contributed by atoms with Gasteiger partial charge in [0.05, 0.1) is 0 Å². The van der Waals surface area contributed by atoms with E-state index in [0.29, 0.717) is 0 Å². The Morgan fingerprint density at radius 3 is 2.03 bits per heavy atom. The largest absolute Gasteiger partial charge is 0.488 e. The van der Waals surface area contributed by atoms with Crippen LogP contribution in [0.4, 0.5) is 13.6 Å². The van der Waals surface area contributed by atoms with E-state index in [1.165, 1.54) is 24.3 Å². The van der Waals surface area contributed by atoms with Gasteiger partial charge in [-0.25, -0.2) is 18.4 Å². The summed E-state index contributed by atoms with van der Waals surface area (Å²) in [7, 11) is 0. The minimum Gasteiger partial charge on any atom is -0.488 e. The maximum absolute atomic E-state index is 12.5. The molecule has 0 aliphatic heterocycles. The fourth-order valence-corrected chi connectivity index (χ4v) is 3.96. The molecule has 170 valence electrons. The predicted octanol–water partition coefficient (Wildman–Crippen LogP) is 4.99. The van der Waals surface area contributed by atoms with E-state index in [2.05, 4.69) is 5.32 Å². The molecule has 33 heavy (non-hydrogen) atoms. The van der Waals surface area contributed by atoms with Crippen LogP contribution in [0.3, 0.4) is 0 Å². The number of carboxylic acids is 1. The molecule has 0 aromatic heterocycles. The highest BCUT2D eigenvalue weighted by Crippen LogP contribution is 2.44. The van der Waals surface area contributed by atoms with Gasteiger partial charge in [0.1, 0.15) is 19.0 Å². The molecule has 6 nitrogen and oxygen atoms in total. The maximum atomic E-state index is 12.5. The summed E-state index contributed by atoms with van der Waals surface area (Å²) in [5.74, 6) is -1.27. The van der Waals surface area contributed by atoms with Gasteiger partial charge in [0.25, 0.3) is 6.43 Å².